The van der Waals surface area contributed by atoms with Crippen molar-refractivity contribution >= 4 is 11.6 Å². The van der Waals surface area contributed by atoms with E-state index in [1.807, 2.05) is 6.92 Å². The van der Waals surface area contributed by atoms with Gasteiger partial charge in [0.2, 0.25) is 0 Å². The highest BCUT2D eigenvalue weighted by molar-refractivity contribution is 5.98. The molecule has 1 aromatic rings. The Kier molecular flexibility index (Phi) is 4.85. The molecule has 0 spiro atoms. The van der Waals surface area contributed by atoms with Gasteiger partial charge in [-0.2, -0.15) is 0 Å². The summed E-state index contributed by atoms with van der Waals surface area (Å²) in [5, 5.41) is 16.9. The maximum atomic E-state index is 13.3. The van der Waals surface area contributed by atoms with Crippen molar-refractivity contribution in [3.8, 4) is 0 Å². The van der Waals surface area contributed by atoms with Gasteiger partial charge < -0.3 is 10.6 Å². The van der Waals surface area contributed by atoms with Gasteiger partial charge in [0.05, 0.1) is 4.92 Å². The second-order valence-electron chi connectivity index (χ2n) is 5.29. The van der Waals surface area contributed by atoms with Gasteiger partial charge in [0.25, 0.3) is 11.6 Å². The highest BCUT2D eigenvalue weighted by Gasteiger charge is 2.25. The normalized spacial score (nSPS) is 19.8. The molecule has 1 fully saturated rings. The quantitative estimate of drug-likeness (QED) is 0.656. The molecule has 1 amide bonds. The molecule has 0 bridgehead atoms. The molecular weight excluding hydrogens is 277 g/mol. The molecule has 1 aliphatic heterocycles. The summed E-state index contributed by atoms with van der Waals surface area (Å²) < 4.78 is 13.3. The van der Waals surface area contributed by atoms with Crippen molar-refractivity contribution in [1.29, 1.82) is 0 Å². The molecule has 1 aromatic carbocycles. The van der Waals surface area contributed by atoms with Crippen LogP contribution in [0.2, 0.25) is 0 Å². The number of nitro benzene ring substituents is 1. The Morgan fingerprint density at radius 2 is 2.33 bits per heavy atom. The van der Waals surface area contributed by atoms with Gasteiger partial charge in [0.15, 0.2) is 0 Å². The second kappa shape index (κ2) is 6.62. The molecule has 2 N–H and O–H groups in total. The van der Waals surface area contributed by atoms with Crippen LogP contribution in [0.1, 0.15) is 30.1 Å². The van der Waals surface area contributed by atoms with E-state index in [0.29, 0.717) is 0 Å². The van der Waals surface area contributed by atoms with Gasteiger partial charge in [-0.3, -0.25) is 14.9 Å². The Balaban J connectivity index is 2.12. The van der Waals surface area contributed by atoms with Crippen molar-refractivity contribution in [2.24, 2.45) is 5.92 Å². The molecule has 114 valence electrons. The van der Waals surface area contributed by atoms with Crippen LogP contribution in [0.25, 0.3) is 0 Å². The van der Waals surface area contributed by atoms with Gasteiger partial charge in [-0.05, 0) is 50.9 Å². The Labute approximate surface area is 121 Å². The van der Waals surface area contributed by atoms with E-state index in [4.69, 9.17) is 0 Å². The monoisotopic (exact) mass is 295 g/mol. The largest absolute Gasteiger partial charge is 0.349 e. The standard InChI is InChI=1S/C14H18FN3O3/c1-9(10-3-2-6-16-8-10)17-14(19)12-7-11(15)4-5-13(12)18(20)21/h4-5,7,9-10,16H,2-3,6,8H2,1H3,(H,17,19). The van der Waals surface area contributed by atoms with Gasteiger partial charge in [0.1, 0.15) is 11.4 Å². The van der Waals surface area contributed by atoms with Crippen molar-refractivity contribution < 1.29 is 14.1 Å². The average Bonchev–Trinajstić information content (AvgIpc) is 2.47. The molecule has 21 heavy (non-hydrogen) atoms. The predicted octanol–water partition coefficient (Wildman–Crippen LogP) is 1.85. The number of piperidine rings is 1. The Hall–Kier alpha value is -2.02. The number of hydrogen-bond donors (Lipinski definition) is 2. The maximum Gasteiger partial charge on any atom is 0.282 e. The Bertz CT molecular complexity index is 544. The number of nitrogens with one attached hydrogen (secondary N) is 2. The number of halogens is 1. The third-order valence-corrected chi connectivity index (χ3v) is 3.80. The van der Waals surface area contributed by atoms with Crippen LogP contribution in [0.4, 0.5) is 10.1 Å². The fourth-order valence-electron chi connectivity index (χ4n) is 2.56. The van der Waals surface area contributed by atoms with Crippen LogP contribution in [-0.2, 0) is 0 Å². The van der Waals surface area contributed by atoms with E-state index in [1.165, 1.54) is 0 Å². The lowest BCUT2D eigenvalue weighted by atomic mass is 9.92. The summed E-state index contributed by atoms with van der Waals surface area (Å²) in [7, 11) is 0. The van der Waals surface area contributed by atoms with Crippen molar-refractivity contribution in [3.05, 3.63) is 39.7 Å². The van der Waals surface area contributed by atoms with Crippen LogP contribution in [0.3, 0.4) is 0 Å². The molecule has 0 aliphatic carbocycles. The first-order chi connectivity index (χ1) is 9.99. The predicted molar refractivity (Wildman–Crippen MR) is 75.6 cm³/mol. The third-order valence-electron chi connectivity index (χ3n) is 3.80. The van der Waals surface area contributed by atoms with E-state index in [2.05, 4.69) is 10.6 Å². The van der Waals surface area contributed by atoms with E-state index in [1.54, 1.807) is 0 Å². The summed E-state index contributed by atoms with van der Waals surface area (Å²) in [6, 6.07) is 2.76. The SMILES string of the molecule is CC(NC(=O)c1cc(F)ccc1[N+](=O)[O-])C1CCCNC1. The van der Waals surface area contributed by atoms with Crippen LogP contribution in [0.5, 0.6) is 0 Å². The average molecular weight is 295 g/mol. The molecule has 2 unspecified atom stereocenters. The lowest BCUT2D eigenvalue weighted by molar-refractivity contribution is -0.385. The van der Waals surface area contributed by atoms with Gasteiger partial charge in [0, 0.05) is 12.1 Å². The highest BCUT2D eigenvalue weighted by Crippen LogP contribution is 2.21. The molecule has 7 heteroatoms. The summed E-state index contributed by atoms with van der Waals surface area (Å²) in [4.78, 5) is 22.4. The summed E-state index contributed by atoms with van der Waals surface area (Å²) in [6.07, 6.45) is 2.02. The highest BCUT2D eigenvalue weighted by atomic mass is 19.1. The van der Waals surface area contributed by atoms with E-state index in [9.17, 15) is 19.3 Å². The third kappa shape index (κ3) is 3.75. The number of carbonyl (C=O) groups is 1. The maximum absolute atomic E-state index is 13.3. The first-order valence-electron chi connectivity index (χ1n) is 6.94. The molecule has 0 radical (unpaired) electrons. The minimum absolute atomic E-state index is 0.131. The molecule has 0 saturated carbocycles. The topological polar surface area (TPSA) is 84.3 Å². The zero-order chi connectivity index (χ0) is 15.4. The van der Waals surface area contributed by atoms with E-state index in [-0.39, 0.29) is 23.2 Å². The molecular formula is C14H18FN3O3. The second-order valence-corrected chi connectivity index (χ2v) is 5.29. The van der Waals surface area contributed by atoms with Crippen LogP contribution >= 0.6 is 0 Å². The number of amides is 1. The lowest BCUT2D eigenvalue weighted by Crippen LogP contribution is -2.44. The smallest absolute Gasteiger partial charge is 0.282 e. The summed E-state index contributed by atoms with van der Waals surface area (Å²) in [5.41, 5.74) is -0.626. The zero-order valence-corrected chi connectivity index (χ0v) is 11.8. The lowest BCUT2D eigenvalue weighted by Gasteiger charge is -2.28. The minimum Gasteiger partial charge on any atom is -0.349 e. The van der Waals surface area contributed by atoms with E-state index in [0.717, 1.165) is 44.1 Å². The molecule has 0 aromatic heterocycles. The van der Waals surface area contributed by atoms with Crippen molar-refractivity contribution in [2.45, 2.75) is 25.8 Å². The van der Waals surface area contributed by atoms with Gasteiger partial charge in [-0.1, -0.05) is 0 Å². The number of benzene rings is 1. The van der Waals surface area contributed by atoms with Gasteiger partial charge >= 0.3 is 0 Å². The van der Waals surface area contributed by atoms with Crippen molar-refractivity contribution in [1.82, 2.24) is 10.6 Å². The first-order valence-corrected chi connectivity index (χ1v) is 6.94. The van der Waals surface area contributed by atoms with Crippen molar-refractivity contribution in [3.63, 3.8) is 0 Å². The Morgan fingerprint density at radius 3 is 2.95 bits per heavy atom. The molecule has 1 aliphatic rings. The summed E-state index contributed by atoms with van der Waals surface area (Å²) in [5.74, 6) is -1.01. The van der Waals surface area contributed by atoms with Crippen LogP contribution < -0.4 is 10.6 Å². The molecule has 6 nitrogen and oxygen atoms in total. The van der Waals surface area contributed by atoms with E-state index >= 15 is 0 Å². The number of nitrogens with zero attached hydrogens (tertiary/aromatic N) is 1. The molecule has 2 atom stereocenters. The van der Waals surface area contributed by atoms with Crippen molar-refractivity contribution in [2.75, 3.05) is 13.1 Å². The van der Waals surface area contributed by atoms with E-state index < -0.39 is 16.6 Å². The first kappa shape index (κ1) is 15.4. The number of carbonyl (C=O) groups excluding carboxylic acids is 1. The van der Waals surface area contributed by atoms with Gasteiger partial charge in [-0.15, -0.1) is 0 Å². The molecule has 1 heterocycles. The Morgan fingerprint density at radius 1 is 1.57 bits per heavy atom. The zero-order valence-electron chi connectivity index (χ0n) is 11.8. The minimum atomic E-state index is -0.679. The van der Waals surface area contributed by atoms with Crippen LogP contribution in [0.15, 0.2) is 18.2 Å². The fourth-order valence-corrected chi connectivity index (χ4v) is 2.56. The van der Waals surface area contributed by atoms with Crippen LogP contribution in [0, 0.1) is 21.8 Å². The van der Waals surface area contributed by atoms with Crippen LogP contribution in [-0.4, -0.2) is 30.0 Å². The number of nitro groups is 1. The summed E-state index contributed by atoms with van der Waals surface area (Å²) in [6.45, 7) is 3.62. The number of rotatable bonds is 4. The van der Waals surface area contributed by atoms with Gasteiger partial charge in [-0.25, -0.2) is 4.39 Å². The summed E-state index contributed by atoms with van der Waals surface area (Å²) >= 11 is 0. The number of hydrogen-bond acceptors (Lipinski definition) is 4. The fraction of sp³-hybridized carbons (Fsp3) is 0.500. The molecule has 1 saturated heterocycles. The molecule has 2 rings (SSSR count).